The van der Waals surface area contributed by atoms with Crippen LogP contribution in [0.4, 0.5) is 10.1 Å². The van der Waals surface area contributed by atoms with E-state index in [0.717, 1.165) is 6.07 Å². The Morgan fingerprint density at radius 1 is 1.45 bits per heavy atom. The van der Waals surface area contributed by atoms with Crippen LogP contribution in [0.1, 0.15) is 24.1 Å². The van der Waals surface area contributed by atoms with Crippen molar-refractivity contribution in [1.82, 2.24) is 4.98 Å². The molecule has 0 spiro atoms. The Hall–Kier alpha value is -2.74. The van der Waals surface area contributed by atoms with Crippen LogP contribution in [-0.2, 0) is 4.79 Å². The average Bonchev–Trinajstić information content (AvgIpc) is 2.55. The number of aromatic nitrogens is 1. The number of nitrogens with one attached hydrogen (secondary N) is 1. The number of rotatable bonds is 0. The maximum atomic E-state index is 14.3. The summed E-state index contributed by atoms with van der Waals surface area (Å²) in [5.41, 5.74) is 1.87. The van der Waals surface area contributed by atoms with Crippen LogP contribution in [0, 0.1) is 17.1 Å². The third kappa shape index (κ3) is 1.74. The van der Waals surface area contributed by atoms with Crippen LogP contribution in [-0.4, -0.2) is 10.9 Å². The van der Waals surface area contributed by atoms with Gasteiger partial charge in [0, 0.05) is 17.3 Å². The lowest BCUT2D eigenvalue weighted by atomic mass is 9.96. The highest BCUT2D eigenvalue weighted by Crippen LogP contribution is 2.39. The molecule has 2 aromatic rings. The van der Waals surface area contributed by atoms with E-state index in [9.17, 15) is 9.18 Å². The number of anilines is 1. The number of amides is 1. The number of nitrogens with zero attached hydrogens (tertiary/aromatic N) is 2. The predicted molar refractivity (Wildman–Crippen MR) is 71.4 cm³/mol. The standard InChI is InChI=1S/C15H10FN3O/c1-8-14-10(3-2-4-18-14)13-11(16)5-9(7-17)6-12(13)19-15(8)20/h2-6,8H,1H3,(H,19,20). The van der Waals surface area contributed by atoms with Crippen molar-refractivity contribution in [2.45, 2.75) is 12.8 Å². The van der Waals surface area contributed by atoms with Crippen molar-refractivity contribution in [3.05, 3.63) is 47.5 Å². The number of carbonyl (C=O) groups excluding carboxylic acids is 1. The molecule has 0 fully saturated rings. The molecule has 0 radical (unpaired) electrons. The quantitative estimate of drug-likeness (QED) is 0.798. The van der Waals surface area contributed by atoms with E-state index in [1.54, 1.807) is 25.3 Å². The van der Waals surface area contributed by atoms with E-state index in [2.05, 4.69) is 10.3 Å². The number of nitriles is 1. The highest BCUT2D eigenvalue weighted by atomic mass is 19.1. The monoisotopic (exact) mass is 267 g/mol. The van der Waals surface area contributed by atoms with Gasteiger partial charge in [0.15, 0.2) is 0 Å². The van der Waals surface area contributed by atoms with Crippen molar-refractivity contribution in [3.63, 3.8) is 0 Å². The molecule has 0 bridgehead atoms. The van der Waals surface area contributed by atoms with Gasteiger partial charge in [-0.1, -0.05) is 6.07 Å². The van der Waals surface area contributed by atoms with Gasteiger partial charge >= 0.3 is 0 Å². The van der Waals surface area contributed by atoms with Crippen molar-refractivity contribution in [2.24, 2.45) is 0 Å². The molecule has 1 aliphatic rings. The van der Waals surface area contributed by atoms with Crippen LogP contribution in [0.25, 0.3) is 11.1 Å². The molecule has 1 aliphatic heterocycles. The second kappa shape index (κ2) is 4.42. The lowest BCUT2D eigenvalue weighted by molar-refractivity contribution is -0.117. The molecule has 3 rings (SSSR count). The van der Waals surface area contributed by atoms with E-state index in [0.29, 0.717) is 16.9 Å². The number of pyridine rings is 1. The van der Waals surface area contributed by atoms with Gasteiger partial charge in [0.1, 0.15) is 5.82 Å². The molecular formula is C15H10FN3O. The summed E-state index contributed by atoms with van der Waals surface area (Å²) in [6.45, 7) is 1.72. The summed E-state index contributed by atoms with van der Waals surface area (Å²) < 4.78 is 14.3. The van der Waals surface area contributed by atoms with Gasteiger partial charge in [-0.05, 0) is 25.1 Å². The molecule has 1 aromatic carbocycles. The van der Waals surface area contributed by atoms with Crippen molar-refractivity contribution in [1.29, 1.82) is 5.26 Å². The fraction of sp³-hybridized carbons (Fsp3) is 0.133. The third-order valence-electron chi connectivity index (χ3n) is 3.39. The number of carbonyl (C=O) groups is 1. The summed E-state index contributed by atoms with van der Waals surface area (Å²) >= 11 is 0. The molecule has 4 nitrogen and oxygen atoms in total. The van der Waals surface area contributed by atoms with E-state index in [-0.39, 0.29) is 17.0 Å². The van der Waals surface area contributed by atoms with Crippen molar-refractivity contribution >= 4 is 11.6 Å². The molecule has 1 atom stereocenters. The van der Waals surface area contributed by atoms with Gasteiger partial charge in [-0.3, -0.25) is 9.78 Å². The summed E-state index contributed by atoms with van der Waals surface area (Å²) in [4.78, 5) is 16.3. The third-order valence-corrected chi connectivity index (χ3v) is 3.39. The maximum absolute atomic E-state index is 14.3. The Morgan fingerprint density at radius 2 is 2.25 bits per heavy atom. The van der Waals surface area contributed by atoms with E-state index in [1.807, 2.05) is 6.07 Å². The van der Waals surface area contributed by atoms with Crippen LogP contribution >= 0.6 is 0 Å². The molecule has 2 heterocycles. The number of benzene rings is 1. The molecule has 20 heavy (non-hydrogen) atoms. The van der Waals surface area contributed by atoms with Gasteiger partial charge in [0.25, 0.3) is 0 Å². The fourth-order valence-electron chi connectivity index (χ4n) is 2.38. The molecule has 0 aliphatic carbocycles. The van der Waals surface area contributed by atoms with Gasteiger partial charge in [-0.25, -0.2) is 4.39 Å². The van der Waals surface area contributed by atoms with Crippen LogP contribution in [0.2, 0.25) is 0 Å². The predicted octanol–water partition coefficient (Wildman–Crippen LogP) is 2.81. The zero-order chi connectivity index (χ0) is 14.3. The van der Waals surface area contributed by atoms with Gasteiger partial charge in [-0.2, -0.15) is 5.26 Å². The molecule has 1 unspecified atom stereocenters. The minimum Gasteiger partial charge on any atom is -0.325 e. The lowest BCUT2D eigenvalue weighted by Crippen LogP contribution is -2.18. The van der Waals surface area contributed by atoms with E-state index < -0.39 is 11.7 Å². The highest BCUT2D eigenvalue weighted by Gasteiger charge is 2.28. The van der Waals surface area contributed by atoms with Crippen molar-refractivity contribution < 1.29 is 9.18 Å². The normalized spacial score (nSPS) is 16.4. The maximum Gasteiger partial charge on any atom is 0.233 e. The van der Waals surface area contributed by atoms with Gasteiger partial charge in [0.05, 0.1) is 28.9 Å². The summed E-state index contributed by atoms with van der Waals surface area (Å²) in [6, 6.07) is 7.95. The molecular weight excluding hydrogens is 257 g/mol. The number of fused-ring (bicyclic) bond motifs is 3. The molecule has 98 valence electrons. The number of halogens is 1. The van der Waals surface area contributed by atoms with Gasteiger partial charge in [0.2, 0.25) is 5.91 Å². The van der Waals surface area contributed by atoms with E-state index in [1.165, 1.54) is 6.07 Å². The highest BCUT2D eigenvalue weighted by molar-refractivity contribution is 6.03. The SMILES string of the molecule is CC1C(=O)Nc2cc(C#N)cc(F)c2-c2cccnc21. The molecule has 1 N–H and O–H groups in total. The average molecular weight is 267 g/mol. The molecule has 0 saturated heterocycles. The Morgan fingerprint density at radius 3 is 3.00 bits per heavy atom. The Balaban J connectivity index is 2.37. The first-order valence-corrected chi connectivity index (χ1v) is 6.11. The van der Waals surface area contributed by atoms with Crippen molar-refractivity contribution in [2.75, 3.05) is 5.32 Å². The minimum absolute atomic E-state index is 0.168. The van der Waals surface area contributed by atoms with Crippen LogP contribution in [0.3, 0.4) is 0 Å². The first kappa shape index (κ1) is 12.3. The first-order valence-electron chi connectivity index (χ1n) is 6.11. The Labute approximate surface area is 114 Å². The fourth-order valence-corrected chi connectivity index (χ4v) is 2.38. The Kier molecular flexibility index (Phi) is 2.72. The minimum atomic E-state index is -0.539. The summed E-state index contributed by atoms with van der Waals surface area (Å²) in [6.07, 6.45) is 1.58. The second-order valence-electron chi connectivity index (χ2n) is 4.64. The lowest BCUT2D eigenvalue weighted by Gasteiger charge is -2.10. The zero-order valence-corrected chi connectivity index (χ0v) is 10.6. The van der Waals surface area contributed by atoms with Gasteiger partial charge < -0.3 is 5.32 Å². The molecule has 1 aromatic heterocycles. The topological polar surface area (TPSA) is 65.8 Å². The van der Waals surface area contributed by atoms with Crippen LogP contribution in [0.15, 0.2) is 30.5 Å². The number of hydrogen-bond donors (Lipinski definition) is 1. The summed E-state index contributed by atoms with van der Waals surface area (Å²) in [7, 11) is 0. The zero-order valence-electron chi connectivity index (χ0n) is 10.6. The number of hydrogen-bond acceptors (Lipinski definition) is 3. The molecule has 1 amide bonds. The summed E-state index contributed by atoms with van der Waals surface area (Å²) in [5.74, 6) is -1.29. The van der Waals surface area contributed by atoms with Gasteiger partial charge in [-0.15, -0.1) is 0 Å². The molecule has 0 saturated carbocycles. The first-order chi connectivity index (χ1) is 9.61. The Bertz CT molecular complexity index is 764. The van der Waals surface area contributed by atoms with E-state index >= 15 is 0 Å². The summed E-state index contributed by atoms with van der Waals surface area (Å²) in [5, 5.41) is 11.6. The van der Waals surface area contributed by atoms with Crippen LogP contribution < -0.4 is 5.32 Å². The van der Waals surface area contributed by atoms with Crippen LogP contribution in [0.5, 0.6) is 0 Å². The smallest absolute Gasteiger partial charge is 0.233 e. The van der Waals surface area contributed by atoms with Crippen molar-refractivity contribution in [3.8, 4) is 17.2 Å². The molecule has 5 heteroatoms. The second-order valence-corrected chi connectivity index (χ2v) is 4.64. The largest absolute Gasteiger partial charge is 0.325 e. The van der Waals surface area contributed by atoms with E-state index in [4.69, 9.17) is 5.26 Å².